The minimum absolute atomic E-state index is 0.0767. The molecular formula is C19H26N4O3S2. The highest BCUT2D eigenvalue weighted by atomic mass is 32.2. The lowest BCUT2D eigenvalue weighted by atomic mass is 10.2. The third-order valence-electron chi connectivity index (χ3n) is 5.11. The smallest absolute Gasteiger partial charge is 0.173 e. The third-order valence-corrected chi connectivity index (χ3v) is 7.28. The first kappa shape index (κ1) is 20.6. The van der Waals surface area contributed by atoms with Gasteiger partial charge in [-0.15, -0.1) is 0 Å². The minimum atomic E-state index is -2.95. The first-order chi connectivity index (χ1) is 13.2. The molecule has 1 fully saturated rings. The average Bonchev–Trinajstić information content (AvgIpc) is 3.15. The van der Waals surface area contributed by atoms with Crippen molar-refractivity contribution >= 4 is 32.9 Å². The van der Waals surface area contributed by atoms with Gasteiger partial charge in [0.25, 0.3) is 0 Å². The van der Waals surface area contributed by atoms with Gasteiger partial charge in [0.15, 0.2) is 14.9 Å². The Kier molecular flexibility index (Phi) is 5.95. The van der Waals surface area contributed by atoms with Crippen molar-refractivity contribution in [3.05, 3.63) is 41.2 Å². The first-order valence-electron chi connectivity index (χ1n) is 9.11. The van der Waals surface area contributed by atoms with Gasteiger partial charge in [0.05, 0.1) is 30.4 Å². The van der Waals surface area contributed by atoms with Crippen molar-refractivity contribution in [3.8, 4) is 5.75 Å². The lowest BCUT2D eigenvalue weighted by Gasteiger charge is -2.21. The van der Waals surface area contributed by atoms with E-state index >= 15 is 0 Å². The molecule has 0 spiro atoms. The number of anilines is 1. The Hall–Kier alpha value is -2.13. The van der Waals surface area contributed by atoms with Crippen molar-refractivity contribution in [2.45, 2.75) is 32.9 Å². The lowest BCUT2D eigenvalue weighted by molar-refractivity contribution is 0.415. The number of hydrogen-bond acceptors (Lipinski definition) is 5. The van der Waals surface area contributed by atoms with Gasteiger partial charge in [0, 0.05) is 30.5 Å². The van der Waals surface area contributed by atoms with Crippen molar-refractivity contribution in [1.82, 2.24) is 14.7 Å². The maximum atomic E-state index is 11.8. The van der Waals surface area contributed by atoms with Gasteiger partial charge in [0.2, 0.25) is 0 Å². The Morgan fingerprint density at radius 1 is 1.36 bits per heavy atom. The van der Waals surface area contributed by atoms with Crippen molar-refractivity contribution in [3.63, 3.8) is 0 Å². The molecule has 1 aliphatic heterocycles. The summed E-state index contributed by atoms with van der Waals surface area (Å²) >= 11 is 5.53. The summed E-state index contributed by atoms with van der Waals surface area (Å²) in [5.41, 5.74) is 3.86. The molecule has 0 unspecified atom stereocenters. The number of thiocarbonyl (C=S) groups is 1. The molecule has 1 atom stereocenters. The second-order valence-corrected chi connectivity index (χ2v) is 9.78. The second kappa shape index (κ2) is 8.08. The number of sulfone groups is 1. The number of nitrogens with zero attached hydrogens (tertiary/aromatic N) is 3. The van der Waals surface area contributed by atoms with Crippen LogP contribution in [0.15, 0.2) is 24.3 Å². The summed E-state index contributed by atoms with van der Waals surface area (Å²) in [6.45, 7) is 4.54. The molecule has 1 aromatic heterocycles. The molecule has 7 nitrogen and oxygen atoms in total. The molecule has 28 heavy (non-hydrogen) atoms. The number of aryl methyl sites for hydroxylation is 1. The Balaban J connectivity index is 1.69. The van der Waals surface area contributed by atoms with Crippen LogP contribution in [0.3, 0.4) is 0 Å². The molecule has 2 heterocycles. The molecule has 1 aromatic carbocycles. The maximum absolute atomic E-state index is 11.8. The first-order valence-corrected chi connectivity index (χ1v) is 11.3. The van der Waals surface area contributed by atoms with E-state index < -0.39 is 9.84 Å². The van der Waals surface area contributed by atoms with Gasteiger partial charge in [-0.25, -0.2) is 8.42 Å². The normalized spacial score (nSPS) is 18.1. The standard InChI is InChI=1S/C19H26N4O3S2/c1-13-18(14(2)23(21-13)16-9-10-28(24,25)12-16)11-22(3)19(27)20-15-5-7-17(26-4)8-6-15/h5-8,16H,9-12H2,1-4H3,(H,20,27)/t16-/m1/s1. The zero-order chi connectivity index (χ0) is 20.5. The van der Waals surface area contributed by atoms with Crippen molar-refractivity contribution in [1.29, 1.82) is 0 Å². The summed E-state index contributed by atoms with van der Waals surface area (Å²) in [5.74, 6) is 1.19. The van der Waals surface area contributed by atoms with Crippen LogP contribution >= 0.6 is 12.2 Å². The van der Waals surface area contributed by atoms with Crippen LogP contribution in [0.5, 0.6) is 5.75 Å². The minimum Gasteiger partial charge on any atom is -0.497 e. The molecule has 9 heteroatoms. The molecule has 0 aliphatic carbocycles. The molecule has 0 radical (unpaired) electrons. The number of hydrogen-bond donors (Lipinski definition) is 1. The highest BCUT2D eigenvalue weighted by Crippen LogP contribution is 2.27. The van der Waals surface area contributed by atoms with Gasteiger partial charge in [-0.2, -0.15) is 5.10 Å². The predicted molar refractivity (Wildman–Crippen MR) is 115 cm³/mol. The highest BCUT2D eigenvalue weighted by molar-refractivity contribution is 7.91. The van der Waals surface area contributed by atoms with Crippen LogP contribution < -0.4 is 10.1 Å². The second-order valence-electron chi connectivity index (χ2n) is 7.17. The SMILES string of the molecule is COc1ccc(NC(=S)N(C)Cc2c(C)nn([C@@H]3CCS(=O)(=O)C3)c2C)cc1. The van der Waals surface area contributed by atoms with E-state index in [-0.39, 0.29) is 17.5 Å². The fourth-order valence-electron chi connectivity index (χ4n) is 3.45. The van der Waals surface area contributed by atoms with E-state index in [2.05, 4.69) is 10.4 Å². The quantitative estimate of drug-likeness (QED) is 0.743. The van der Waals surface area contributed by atoms with Crippen LogP contribution in [0.2, 0.25) is 0 Å². The van der Waals surface area contributed by atoms with Gasteiger partial charge in [-0.3, -0.25) is 4.68 Å². The van der Waals surface area contributed by atoms with Crippen LogP contribution in [-0.4, -0.2) is 53.9 Å². The average molecular weight is 423 g/mol. The summed E-state index contributed by atoms with van der Waals surface area (Å²) in [6, 6.07) is 7.49. The number of ether oxygens (including phenoxy) is 1. The van der Waals surface area contributed by atoms with Crippen molar-refractivity contribution < 1.29 is 13.2 Å². The van der Waals surface area contributed by atoms with Gasteiger partial charge < -0.3 is 15.0 Å². The summed E-state index contributed by atoms with van der Waals surface area (Å²) in [4.78, 5) is 1.95. The summed E-state index contributed by atoms with van der Waals surface area (Å²) in [5, 5.41) is 8.44. The van der Waals surface area contributed by atoms with E-state index in [0.29, 0.717) is 18.1 Å². The highest BCUT2D eigenvalue weighted by Gasteiger charge is 2.31. The summed E-state index contributed by atoms with van der Waals surface area (Å²) in [6.07, 6.45) is 0.622. The van der Waals surface area contributed by atoms with Gasteiger partial charge in [-0.05, 0) is 56.8 Å². The number of nitrogens with one attached hydrogen (secondary N) is 1. The van der Waals surface area contributed by atoms with Gasteiger partial charge in [-0.1, -0.05) is 0 Å². The largest absolute Gasteiger partial charge is 0.497 e. The topological polar surface area (TPSA) is 76.5 Å². The number of aromatic nitrogens is 2. The lowest BCUT2D eigenvalue weighted by Crippen LogP contribution is -2.31. The molecule has 0 saturated carbocycles. The zero-order valence-corrected chi connectivity index (χ0v) is 18.2. The molecule has 1 aliphatic rings. The Bertz CT molecular complexity index is 968. The Morgan fingerprint density at radius 2 is 2.04 bits per heavy atom. The van der Waals surface area contributed by atoms with Crippen LogP contribution in [0.4, 0.5) is 5.69 Å². The molecule has 0 bridgehead atoms. The van der Waals surface area contributed by atoms with E-state index in [1.807, 2.05) is 54.7 Å². The van der Waals surface area contributed by atoms with E-state index in [4.69, 9.17) is 17.0 Å². The Labute approximate surface area is 171 Å². The fourth-order valence-corrected chi connectivity index (χ4v) is 5.33. The molecule has 1 saturated heterocycles. The van der Waals surface area contributed by atoms with Gasteiger partial charge in [0.1, 0.15) is 5.75 Å². The molecule has 0 amide bonds. The van der Waals surface area contributed by atoms with Crippen LogP contribution in [0.1, 0.15) is 29.4 Å². The Morgan fingerprint density at radius 3 is 2.61 bits per heavy atom. The molecular weight excluding hydrogens is 396 g/mol. The van der Waals surface area contributed by atoms with E-state index in [1.165, 1.54) is 0 Å². The third kappa shape index (κ3) is 4.47. The van der Waals surface area contributed by atoms with Crippen LogP contribution in [0, 0.1) is 13.8 Å². The maximum Gasteiger partial charge on any atom is 0.173 e. The number of methoxy groups -OCH3 is 1. The van der Waals surface area contributed by atoms with Gasteiger partial charge >= 0.3 is 0 Å². The van der Waals surface area contributed by atoms with Crippen LogP contribution in [0.25, 0.3) is 0 Å². The van der Waals surface area contributed by atoms with E-state index in [9.17, 15) is 8.42 Å². The van der Waals surface area contributed by atoms with Crippen molar-refractivity contribution in [2.24, 2.45) is 0 Å². The molecule has 3 rings (SSSR count). The fraction of sp³-hybridized carbons (Fsp3) is 0.474. The molecule has 152 valence electrons. The summed E-state index contributed by atoms with van der Waals surface area (Å²) < 4.78 is 30.7. The predicted octanol–water partition coefficient (Wildman–Crippen LogP) is 2.70. The number of rotatable bonds is 5. The molecule has 1 N–H and O–H groups in total. The van der Waals surface area contributed by atoms with E-state index in [1.54, 1.807) is 7.11 Å². The summed E-state index contributed by atoms with van der Waals surface area (Å²) in [7, 11) is 0.606. The van der Waals surface area contributed by atoms with Crippen LogP contribution in [-0.2, 0) is 16.4 Å². The number of benzene rings is 1. The van der Waals surface area contributed by atoms with Crippen molar-refractivity contribution in [2.75, 3.05) is 31.0 Å². The monoisotopic (exact) mass is 422 g/mol. The van der Waals surface area contributed by atoms with E-state index in [0.717, 1.165) is 28.4 Å². The zero-order valence-electron chi connectivity index (χ0n) is 16.6. The molecule has 2 aromatic rings.